The first-order valence-electron chi connectivity index (χ1n) is 9.61. The molecule has 2 fully saturated rings. The molecule has 1 saturated carbocycles. The van der Waals surface area contributed by atoms with Crippen LogP contribution in [0.3, 0.4) is 0 Å². The molecule has 1 saturated heterocycles. The Bertz CT molecular complexity index is 592. The van der Waals surface area contributed by atoms with Gasteiger partial charge in [-0.05, 0) is 39.3 Å². The van der Waals surface area contributed by atoms with Gasteiger partial charge in [-0.1, -0.05) is 12.8 Å². The van der Waals surface area contributed by atoms with Gasteiger partial charge >= 0.3 is 0 Å². The van der Waals surface area contributed by atoms with E-state index >= 15 is 0 Å². The fourth-order valence-electron chi connectivity index (χ4n) is 4.68. The van der Waals surface area contributed by atoms with Gasteiger partial charge in [0.05, 0.1) is 0 Å². The minimum atomic E-state index is 0.278. The maximum atomic E-state index is 12.7. The highest BCUT2D eigenvalue weighted by Crippen LogP contribution is 2.28. The molecule has 1 aliphatic carbocycles. The van der Waals surface area contributed by atoms with Crippen molar-refractivity contribution in [3.63, 3.8) is 0 Å². The molecular formula is C18H29N5O. The monoisotopic (exact) mass is 331 g/mol. The molecule has 6 heteroatoms. The minimum Gasteiger partial charge on any atom is -0.340 e. The van der Waals surface area contributed by atoms with Gasteiger partial charge in [0, 0.05) is 44.4 Å². The molecular weight excluding hydrogens is 302 g/mol. The van der Waals surface area contributed by atoms with E-state index < -0.39 is 0 Å². The van der Waals surface area contributed by atoms with Crippen LogP contribution in [0.4, 0.5) is 0 Å². The molecule has 0 bridgehead atoms. The normalized spacial score (nSPS) is 26.4. The number of hydrogen-bond acceptors (Lipinski definition) is 4. The average molecular weight is 331 g/mol. The summed E-state index contributed by atoms with van der Waals surface area (Å²) in [5.74, 6) is 3.36. The Balaban J connectivity index is 1.46. The van der Waals surface area contributed by atoms with E-state index in [-0.39, 0.29) is 5.92 Å². The van der Waals surface area contributed by atoms with Crippen LogP contribution in [0, 0.1) is 5.92 Å². The van der Waals surface area contributed by atoms with Crippen molar-refractivity contribution < 1.29 is 4.79 Å². The third kappa shape index (κ3) is 3.08. The first kappa shape index (κ1) is 16.1. The first-order chi connectivity index (χ1) is 11.7. The van der Waals surface area contributed by atoms with Crippen LogP contribution in [-0.4, -0.2) is 63.7 Å². The van der Waals surface area contributed by atoms with Crippen LogP contribution in [0.25, 0.3) is 0 Å². The van der Waals surface area contributed by atoms with Crippen LogP contribution in [0.15, 0.2) is 0 Å². The lowest BCUT2D eigenvalue weighted by Gasteiger charge is -2.29. The highest BCUT2D eigenvalue weighted by atomic mass is 16.2. The van der Waals surface area contributed by atoms with E-state index in [4.69, 9.17) is 0 Å². The van der Waals surface area contributed by atoms with Gasteiger partial charge < -0.3 is 14.4 Å². The summed E-state index contributed by atoms with van der Waals surface area (Å²) in [6.45, 7) is 4.73. The Morgan fingerprint density at radius 2 is 1.83 bits per heavy atom. The van der Waals surface area contributed by atoms with Gasteiger partial charge in [-0.2, -0.15) is 0 Å². The van der Waals surface area contributed by atoms with Crippen molar-refractivity contribution in [2.45, 2.75) is 57.4 Å². The largest absolute Gasteiger partial charge is 0.340 e. The van der Waals surface area contributed by atoms with Gasteiger partial charge in [0.15, 0.2) is 0 Å². The Morgan fingerprint density at radius 3 is 2.62 bits per heavy atom. The van der Waals surface area contributed by atoms with E-state index in [1.165, 1.54) is 32.2 Å². The number of aromatic nitrogens is 3. The maximum Gasteiger partial charge on any atom is 0.225 e. The summed E-state index contributed by atoms with van der Waals surface area (Å²) in [6.07, 6.45) is 7.88. The molecule has 4 rings (SSSR count). The lowest BCUT2D eigenvalue weighted by Crippen LogP contribution is -2.37. The van der Waals surface area contributed by atoms with E-state index in [1.807, 2.05) is 0 Å². The Hall–Kier alpha value is -1.43. The van der Waals surface area contributed by atoms with Gasteiger partial charge in [-0.3, -0.25) is 4.79 Å². The molecule has 0 unspecified atom stereocenters. The molecule has 132 valence electrons. The molecule has 24 heavy (non-hydrogen) atoms. The molecule has 1 amide bonds. The van der Waals surface area contributed by atoms with Crippen molar-refractivity contribution in [3.8, 4) is 0 Å². The fraction of sp³-hybridized carbons (Fsp3) is 0.833. The lowest BCUT2D eigenvalue weighted by atomic mass is 9.97. The van der Waals surface area contributed by atoms with E-state index in [2.05, 4.69) is 31.6 Å². The van der Waals surface area contributed by atoms with Crippen molar-refractivity contribution in [2.75, 3.05) is 33.2 Å². The summed E-state index contributed by atoms with van der Waals surface area (Å²) in [4.78, 5) is 17.2. The van der Waals surface area contributed by atoms with Crippen LogP contribution in [0.5, 0.6) is 0 Å². The lowest BCUT2D eigenvalue weighted by molar-refractivity contribution is -0.135. The topological polar surface area (TPSA) is 54.3 Å². The summed E-state index contributed by atoms with van der Waals surface area (Å²) in [5, 5.41) is 8.99. The van der Waals surface area contributed by atoms with Crippen LogP contribution in [0.1, 0.15) is 56.1 Å². The maximum absolute atomic E-state index is 12.7. The van der Waals surface area contributed by atoms with Crippen LogP contribution in [0.2, 0.25) is 0 Å². The molecule has 6 nitrogen and oxygen atoms in total. The van der Waals surface area contributed by atoms with E-state index in [1.54, 1.807) is 0 Å². The van der Waals surface area contributed by atoms with E-state index in [0.717, 1.165) is 57.1 Å². The second-order valence-electron chi connectivity index (χ2n) is 7.78. The minimum absolute atomic E-state index is 0.278. The van der Waals surface area contributed by atoms with E-state index in [0.29, 0.717) is 11.8 Å². The summed E-state index contributed by atoms with van der Waals surface area (Å²) in [5.41, 5.74) is 0. The number of hydrogen-bond donors (Lipinski definition) is 0. The quantitative estimate of drug-likeness (QED) is 0.827. The van der Waals surface area contributed by atoms with Gasteiger partial charge in [-0.25, -0.2) is 0 Å². The zero-order valence-corrected chi connectivity index (χ0v) is 14.8. The molecule has 1 aromatic rings. The van der Waals surface area contributed by atoms with Crippen molar-refractivity contribution in [2.24, 2.45) is 5.92 Å². The standard InChI is InChI=1S/C18H29N5O/c1-21-9-4-7-15(13-21)17-20-19-16-8-10-22(11-12-23(16)17)18(24)14-5-2-3-6-14/h14-15H,2-13H2,1H3/t15-/m1/s1. The molecule has 0 N–H and O–H groups in total. The van der Waals surface area contributed by atoms with Gasteiger partial charge in [0.25, 0.3) is 0 Å². The SMILES string of the molecule is CN1CCC[C@@H](c2nnc3n2CCN(C(=O)C2CCCC2)CC3)C1. The molecule has 3 heterocycles. The van der Waals surface area contributed by atoms with Crippen molar-refractivity contribution in [1.82, 2.24) is 24.6 Å². The number of amides is 1. The van der Waals surface area contributed by atoms with Crippen LogP contribution < -0.4 is 0 Å². The number of nitrogens with zero attached hydrogens (tertiary/aromatic N) is 5. The highest BCUT2D eigenvalue weighted by Gasteiger charge is 2.31. The summed E-state index contributed by atoms with van der Waals surface area (Å²) in [7, 11) is 2.19. The van der Waals surface area contributed by atoms with Gasteiger partial charge in [0.1, 0.15) is 11.6 Å². The predicted octanol–water partition coefficient (Wildman–Crippen LogP) is 1.66. The number of rotatable bonds is 2. The summed E-state index contributed by atoms with van der Waals surface area (Å²) < 4.78 is 2.31. The Morgan fingerprint density at radius 1 is 1.00 bits per heavy atom. The highest BCUT2D eigenvalue weighted by molar-refractivity contribution is 5.79. The third-order valence-corrected chi connectivity index (χ3v) is 6.06. The van der Waals surface area contributed by atoms with Crippen molar-refractivity contribution >= 4 is 5.91 Å². The van der Waals surface area contributed by atoms with Crippen LogP contribution in [-0.2, 0) is 17.8 Å². The number of likely N-dealkylation sites (tertiary alicyclic amines) is 1. The molecule has 2 aliphatic heterocycles. The number of carbonyl (C=O) groups is 1. The first-order valence-corrected chi connectivity index (χ1v) is 9.61. The van der Waals surface area contributed by atoms with Crippen molar-refractivity contribution in [1.29, 1.82) is 0 Å². The second kappa shape index (κ2) is 6.82. The smallest absolute Gasteiger partial charge is 0.225 e. The van der Waals surface area contributed by atoms with E-state index in [9.17, 15) is 4.79 Å². The van der Waals surface area contributed by atoms with Crippen LogP contribution >= 0.6 is 0 Å². The number of likely N-dealkylation sites (N-methyl/N-ethyl adjacent to an activating group) is 1. The number of piperidine rings is 1. The molecule has 1 atom stereocenters. The summed E-state index contributed by atoms with van der Waals surface area (Å²) >= 11 is 0. The molecule has 0 radical (unpaired) electrons. The number of fused-ring (bicyclic) bond motifs is 1. The molecule has 3 aliphatic rings. The van der Waals surface area contributed by atoms with Crippen molar-refractivity contribution in [3.05, 3.63) is 11.6 Å². The van der Waals surface area contributed by atoms with Gasteiger partial charge in [0.2, 0.25) is 5.91 Å². The molecule has 1 aromatic heterocycles. The predicted molar refractivity (Wildman–Crippen MR) is 91.7 cm³/mol. The zero-order valence-electron chi connectivity index (χ0n) is 14.8. The van der Waals surface area contributed by atoms with Gasteiger partial charge in [-0.15, -0.1) is 10.2 Å². The third-order valence-electron chi connectivity index (χ3n) is 6.06. The fourth-order valence-corrected chi connectivity index (χ4v) is 4.68. The number of carbonyl (C=O) groups excluding carboxylic acids is 1. The summed E-state index contributed by atoms with van der Waals surface area (Å²) in [6, 6.07) is 0. The zero-order chi connectivity index (χ0) is 16.5. The Kier molecular flexibility index (Phi) is 4.57. The molecule has 0 spiro atoms. The Labute approximate surface area is 144 Å². The second-order valence-corrected chi connectivity index (χ2v) is 7.78. The molecule has 0 aromatic carbocycles. The average Bonchev–Trinajstić information content (AvgIpc) is 3.21.